The lowest BCUT2D eigenvalue weighted by molar-refractivity contribution is 0.0950. The van der Waals surface area contributed by atoms with Gasteiger partial charge in [-0.2, -0.15) is 10.2 Å². The van der Waals surface area contributed by atoms with Crippen LogP contribution in [0.1, 0.15) is 47.4 Å². The Balaban J connectivity index is 1.65. The lowest BCUT2D eigenvalue weighted by atomic mass is 10.1. The summed E-state index contributed by atoms with van der Waals surface area (Å²) in [5.41, 5.74) is 5.33. The number of carbonyl (C=O) groups is 1. The fourth-order valence-corrected chi connectivity index (χ4v) is 2.02. The molecule has 1 heterocycles. The maximum atomic E-state index is 12.0. The molecule has 108 valence electrons. The number of carbonyl (C=O) groups excluding carboxylic acids is 1. The van der Waals surface area contributed by atoms with Gasteiger partial charge in [0.05, 0.1) is 5.71 Å². The third-order valence-corrected chi connectivity index (χ3v) is 3.46. The summed E-state index contributed by atoms with van der Waals surface area (Å²) in [7, 11) is 0. The predicted molar refractivity (Wildman–Crippen MR) is 78.3 cm³/mol. The summed E-state index contributed by atoms with van der Waals surface area (Å²) in [5.74, 6) is 0.386. The maximum Gasteiger partial charge on any atom is 0.291 e. The van der Waals surface area contributed by atoms with Crippen molar-refractivity contribution in [3.63, 3.8) is 0 Å². The number of rotatable bonds is 4. The van der Waals surface area contributed by atoms with Crippen molar-refractivity contribution in [2.45, 2.75) is 25.7 Å². The number of nitrogens with zero attached hydrogens (tertiary/aromatic N) is 2. The molecule has 1 aliphatic carbocycles. The van der Waals surface area contributed by atoms with E-state index in [4.69, 9.17) is 0 Å². The Morgan fingerprint density at radius 2 is 2.10 bits per heavy atom. The van der Waals surface area contributed by atoms with Crippen molar-refractivity contribution in [1.82, 2.24) is 15.6 Å². The largest absolute Gasteiger partial charge is 0.508 e. The molecule has 6 heteroatoms. The Hall–Kier alpha value is -2.63. The first-order chi connectivity index (χ1) is 10.1. The van der Waals surface area contributed by atoms with E-state index in [9.17, 15) is 9.90 Å². The number of hydrogen-bond donors (Lipinski definition) is 3. The molecule has 0 aliphatic heterocycles. The van der Waals surface area contributed by atoms with E-state index in [1.807, 2.05) is 0 Å². The monoisotopic (exact) mass is 284 g/mol. The summed E-state index contributed by atoms with van der Waals surface area (Å²) in [6.07, 6.45) is 2.31. The second kappa shape index (κ2) is 5.40. The van der Waals surface area contributed by atoms with Gasteiger partial charge >= 0.3 is 0 Å². The first kappa shape index (κ1) is 13.4. The number of H-pyrrole nitrogens is 1. The fraction of sp³-hybridized carbons (Fsp3) is 0.267. The topological polar surface area (TPSA) is 90.4 Å². The molecule has 0 unspecified atom stereocenters. The zero-order chi connectivity index (χ0) is 14.8. The molecule has 3 N–H and O–H groups in total. The van der Waals surface area contributed by atoms with Crippen LogP contribution in [0.5, 0.6) is 5.75 Å². The summed E-state index contributed by atoms with van der Waals surface area (Å²) in [6, 6.07) is 8.40. The van der Waals surface area contributed by atoms with Crippen molar-refractivity contribution < 1.29 is 9.90 Å². The van der Waals surface area contributed by atoms with E-state index in [1.54, 1.807) is 37.3 Å². The summed E-state index contributed by atoms with van der Waals surface area (Å²) in [5, 5.41) is 20.2. The van der Waals surface area contributed by atoms with E-state index >= 15 is 0 Å². The number of hydrazone groups is 1. The second-order valence-corrected chi connectivity index (χ2v) is 5.17. The van der Waals surface area contributed by atoms with Crippen LogP contribution in [0.3, 0.4) is 0 Å². The van der Waals surface area contributed by atoms with Gasteiger partial charge in [0.2, 0.25) is 0 Å². The van der Waals surface area contributed by atoms with Crippen LogP contribution < -0.4 is 5.43 Å². The van der Waals surface area contributed by atoms with Crippen LogP contribution in [-0.4, -0.2) is 26.9 Å². The van der Waals surface area contributed by atoms with Crippen molar-refractivity contribution in [1.29, 1.82) is 0 Å². The standard InChI is InChI=1S/C15H16N4O2/c1-9(10-4-6-12(20)7-5-10)16-19-15(21)14-8-13(17-18-14)11-2-3-11/h4-8,11,20H,2-3H2,1H3,(H,17,18)(H,19,21). The number of nitrogens with one attached hydrogen (secondary N) is 2. The number of phenols is 1. The van der Waals surface area contributed by atoms with Crippen molar-refractivity contribution in [3.8, 4) is 5.75 Å². The molecule has 0 spiro atoms. The number of aromatic hydroxyl groups is 1. The normalized spacial score (nSPS) is 15.0. The van der Waals surface area contributed by atoms with Gasteiger partial charge in [-0.3, -0.25) is 9.89 Å². The molecule has 0 radical (unpaired) electrons. The minimum Gasteiger partial charge on any atom is -0.508 e. The van der Waals surface area contributed by atoms with E-state index < -0.39 is 0 Å². The highest BCUT2D eigenvalue weighted by Gasteiger charge is 2.26. The molecule has 1 aromatic heterocycles. The van der Waals surface area contributed by atoms with Gasteiger partial charge < -0.3 is 5.11 Å². The zero-order valence-electron chi connectivity index (χ0n) is 11.6. The van der Waals surface area contributed by atoms with Crippen LogP contribution in [0.15, 0.2) is 35.4 Å². The number of phenolic OH excluding ortho intramolecular Hbond substituents is 1. The summed E-state index contributed by atoms with van der Waals surface area (Å²) in [4.78, 5) is 12.0. The minimum absolute atomic E-state index is 0.194. The Labute approximate surface area is 121 Å². The molecule has 1 aromatic carbocycles. The van der Waals surface area contributed by atoms with Crippen LogP contribution in [-0.2, 0) is 0 Å². The summed E-state index contributed by atoms with van der Waals surface area (Å²) in [6.45, 7) is 1.78. The predicted octanol–water partition coefficient (Wildman–Crippen LogP) is 2.15. The zero-order valence-corrected chi connectivity index (χ0v) is 11.6. The molecule has 1 aliphatic rings. The van der Waals surface area contributed by atoms with Crippen LogP contribution in [0.25, 0.3) is 0 Å². The third-order valence-electron chi connectivity index (χ3n) is 3.46. The number of benzene rings is 1. The fourth-order valence-electron chi connectivity index (χ4n) is 2.02. The number of hydrogen-bond acceptors (Lipinski definition) is 4. The number of amides is 1. The molecule has 1 fully saturated rings. The van der Waals surface area contributed by atoms with Gasteiger partial charge in [-0.1, -0.05) is 0 Å². The smallest absolute Gasteiger partial charge is 0.291 e. The van der Waals surface area contributed by atoms with E-state index in [2.05, 4.69) is 20.7 Å². The second-order valence-electron chi connectivity index (χ2n) is 5.17. The molecular formula is C15H16N4O2. The highest BCUT2D eigenvalue weighted by molar-refractivity contribution is 6.00. The SMILES string of the molecule is CC(=NNC(=O)c1cc(C2CC2)[nH]n1)c1ccc(O)cc1. The molecule has 0 bridgehead atoms. The van der Waals surface area contributed by atoms with Gasteiger partial charge in [0.1, 0.15) is 5.75 Å². The average molecular weight is 284 g/mol. The Morgan fingerprint density at radius 1 is 1.38 bits per heavy atom. The van der Waals surface area contributed by atoms with Crippen LogP contribution in [0.4, 0.5) is 0 Å². The first-order valence-corrected chi connectivity index (χ1v) is 6.83. The lowest BCUT2D eigenvalue weighted by Crippen LogP contribution is -2.19. The summed E-state index contributed by atoms with van der Waals surface area (Å²) < 4.78 is 0. The molecule has 3 rings (SSSR count). The number of aromatic amines is 1. The van der Waals surface area contributed by atoms with Gasteiger partial charge in [-0.25, -0.2) is 5.43 Å². The lowest BCUT2D eigenvalue weighted by Gasteiger charge is -2.01. The van der Waals surface area contributed by atoms with E-state index in [-0.39, 0.29) is 11.7 Å². The van der Waals surface area contributed by atoms with Gasteiger partial charge in [-0.15, -0.1) is 0 Å². The summed E-state index contributed by atoms with van der Waals surface area (Å²) >= 11 is 0. The van der Waals surface area contributed by atoms with Crippen LogP contribution in [0.2, 0.25) is 0 Å². The Bertz CT molecular complexity index is 684. The van der Waals surface area contributed by atoms with Crippen molar-refractivity contribution in [2.75, 3.05) is 0 Å². The molecule has 0 atom stereocenters. The first-order valence-electron chi connectivity index (χ1n) is 6.83. The molecule has 1 amide bonds. The average Bonchev–Trinajstić information content (AvgIpc) is 3.22. The molecule has 6 nitrogen and oxygen atoms in total. The highest BCUT2D eigenvalue weighted by Crippen LogP contribution is 2.38. The highest BCUT2D eigenvalue weighted by atomic mass is 16.3. The van der Waals surface area contributed by atoms with E-state index in [0.29, 0.717) is 17.3 Å². The molecule has 1 saturated carbocycles. The van der Waals surface area contributed by atoms with Gasteiger partial charge in [0.25, 0.3) is 5.91 Å². The Kier molecular flexibility index (Phi) is 3.43. The molecular weight excluding hydrogens is 268 g/mol. The van der Waals surface area contributed by atoms with E-state index in [1.165, 1.54) is 0 Å². The maximum absolute atomic E-state index is 12.0. The van der Waals surface area contributed by atoms with Crippen molar-refractivity contribution in [2.24, 2.45) is 5.10 Å². The minimum atomic E-state index is -0.337. The van der Waals surface area contributed by atoms with E-state index in [0.717, 1.165) is 24.1 Å². The quantitative estimate of drug-likeness (QED) is 0.593. The Morgan fingerprint density at radius 3 is 2.76 bits per heavy atom. The van der Waals surface area contributed by atoms with Crippen LogP contribution in [0, 0.1) is 0 Å². The molecule has 2 aromatic rings. The van der Waals surface area contributed by atoms with Crippen molar-refractivity contribution >= 4 is 11.6 Å². The van der Waals surface area contributed by atoms with Gasteiger partial charge in [0, 0.05) is 11.6 Å². The molecule has 21 heavy (non-hydrogen) atoms. The molecule has 0 saturated heterocycles. The number of aromatic nitrogens is 2. The van der Waals surface area contributed by atoms with Crippen molar-refractivity contribution in [3.05, 3.63) is 47.3 Å². The third kappa shape index (κ3) is 3.10. The van der Waals surface area contributed by atoms with Crippen LogP contribution >= 0.6 is 0 Å². The van der Waals surface area contributed by atoms with Gasteiger partial charge in [-0.05, 0) is 55.7 Å². The van der Waals surface area contributed by atoms with Gasteiger partial charge in [0.15, 0.2) is 5.69 Å².